The van der Waals surface area contributed by atoms with Gasteiger partial charge in [0.1, 0.15) is 11.6 Å². The van der Waals surface area contributed by atoms with E-state index in [0.717, 1.165) is 31.1 Å². The molecule has 1 aliphatic heterocycles. The summed E-state index contributed by atoms with van der Waals surface area (Å²) in [4.78, 5) is 18.1. The monoisotopic (exact) mass is 368 g/mol. The van der Waals surface area contributed by atoms with Crippen LogP contribution in [0.3, 0.4) is 0 Å². The summed E-state index contributed by atoms with van der Waals surface area (Å²) in [7, 11) is 0. The summed E-state index contributed by atoms with van der Waals surface area (Å²) in [6.45, 7) is 2.90. The van der Waals surface area contributed by atoms with Crippen LogP contribution in [0.5, 0.6) is 0 Å². The quantitative estimate of drug-likeness (QED) is 0.717. The fourth-order valence-electron chi connectivity index (χ4n) is 3.69. The fraction of sp³-hybridized carbons (Fsp3) is 0.238. The van der Waals surface area contributed by atoms with E-state index >= 15 is 0 Å². The molecule has 0 radical (unpaired) electrons. The van der Waals surface area contributed by atoms with E-state index in [2.05, 4.69) is 16.8 Å². The first-order valence-corrected chi connectivity index (χ1v) is 8.84. The smallest absolute Gasteiger partial charge is 0.335 e. The molecule has 1 aromatic heterocycles. The van der Waals surface area contributed by atoms with Crippen LogP contribution in [-0.2, 0) is 0 Å². The number of benzene rings is 2. The summed E-state index contributed by atoms with van der Waals surface area (Å²) in [6, 6.07) is 10.2. The van der Waals surface area contributed by atoms with E-state index in [4.69, 9.17) is 0 Å². The van der Waals surface area contributed by atoms with Crippen LogP contribution in [0.25, 0.3) is 22.2 Å². The van der Waals surface area contributed by atoms with E-state index in [0.29, 0.717) is 16.6 Å². The van der Waals surface area contributed by atoms with E-state index in [1.807, 2.05) is 6.07 Å². The fourth-order valence-corrected chi connectivity index (χ4v) is 3.69. The van der Waals surface area contributed by atoms with Gasteiger partial charge in [-0.15, -0.1) is 0 Å². The van der Waals surface area contributed by atoms with Crippen LogP contribution in [-0.4, -0.2) is 28.6 Å². The molecule has 1 N–H and O–H groups in total. The summed E-state index contributed by atoms with van der Waals surface area (Å²) in [5.74, 6) is -2.32. The van der Waals surface area contributed by atoms with Gasteiger partial charge in [-0.05, 0) is 56.2 Å². The normalized spacial score (nSPS) is 16.9. The third-order valence-corrected chi connectivity index (χ3v) is 5.09. The highest BCUT2D eigenvalue weighted by Gasteiger charge is 2.25. The van der Waals surface area contributed by atoms with Crippen molar-refractivity contribution >= 4 is 22.6 Å². The molecule has 0 spiro atoms. The number of anilines is 1. The summed E-state index contributed by atoms with van der Waals surface area (Å²) in [5.41, 5.74) is 2.15. The molecule has 0 aliphatic carbocycles. The molecule has 3 aromatic rings. The molecule has 0 bridgehead atoms. The predicted molar refractivity (Wildman–Crippen MR) is 100 cm³/mol. The molecule has 1 saturated heterocycles. The Morgan fingerprint density at radius 2 is 2.00 bits per heavy atom. The lowest BCUT2D eigenvalue weighted by atomic mass is 10.0. The molecule has 0 unspecified atom stereocenters. The summed E-state index contributed by atoms with van der Waals surface area (Å²) in [6.07, 6.45) is 2.03. The number of hydrogen-bond acceptors (Lipinski definition) is 3. The van der Waals surface area contributed by atoms with Crippen molar-refractivity contribution < 1.29 is 18.7 Å². The van der Waals surface area contributed by atoms with E-state index in [-0.39, 0.29) is 17.2 Å². The Hall–Kier alpha value is -3.02. The number of pyridine rings is 1. The summed E-state index contributed by atoms with van der Waals surface area (Å²) in [5, 5.41) is 9.92. The Kier molecular flexibility index (Phi) is 4.26. The lowest BCUT2D eigenvalue weighted by Crippen LogP contribution is -2.27. The van der Waals surface area contributed by atoms with Gasteiger partial charge < -0.3 is 10.0 Å². The molecule has 0 amide bonds. The number of carbonyl (C=O) groups is 1. The van der Waals surface area contributed by atoms with Crippen molar-refractivity contribution in [2.24, 2.45) is 0 Å². The van der Waals surface area contributed by atoms with Gasteiger partial charge in [-0.25, -0.2) is 18.6 Å². The molecular weight excluding hydrogens is 350 g/mol. The van der Waals surface area contributed by atoms with E-state index in [1.54, 1.807) is 12.1 Å². The summed E-state index contributed by atoms with van der Waals surface area (Å²) < 4.78 is 27.9. The second-order valence-corrected chi connectivity index (χ2v) is 6.88. The topological polar surface area (TPSA) is 53.4 Å². The van der Waals surface area contributed by atoms with Crippen LogP contribution in [0.1, 0.15) is 30.1 Å². The van der Waals surface area contributed by atoms with Crippen molar-refractivity contribution in [3.63, 3.8) is 0 Å². The van der Waals surface area contributed by atoms with Gasteiger partial charge in [-0.2, -0.15) is 0 Å². The molecule has 1 aliphatic rings. The maximum Gasteiger partial charge on any atom is 0.335 e. The Bertz CT molecular complexity index is 1050. The van der Waals surface area contributed by atoms with E-state index in [9.17, 15) is 18.7 Å². The van der Waals surface area contributed by atoms with Crippen LogP contribution in [0.15, 0.2) is 42.5 Å². The highest BCUT2D eigenvalue weighted by Crippen LogP contribution is 2.37. The van der Waals surface area contributed by atoms with Crippen LogP contribution in [0, 0.1) is 11.6 Å². The molecule has 1 atom stereocenters. The van der Waals surface area contributed by atoms with Crippen molar-refractivity contribution in [3.8, 4) is 11.3 Å². The third-order valence-electron chi connectivity index (χ3n) is 5.09. The maximum atomic E-state index is 14.5. The average molecular weight is 368 g/mol. The van der Waals surface area contributed by atoms with Crippen LogP contribution in [0.2, 0.25) is 0 Å². The van der Waals surface area contributed by atoms with Gasteiger partial charge in [0.25, 0.3) is 0 Å². The molecule has 4 nitrogen and oxygen atoms in total. The Morgan fingerprint density at radius 3 is 2.67 bits per heavy atom. The van der Waals surface area contributed by atoms with Crippen molar-refractivity contribution in [2.75, 3.05) is 11.4 Å². The van der Waals surface area contributed by atoms with Gasteiger partial charge in [0.05, 0.1) is 22.5 Å². The van der Waals surface area contributed by atoms with Crippen molar-refractivity contribution in [1.82, 2.24) is 4.98 Å². The Balaban J connectivity index is 1.97. The predicted octanol–water partition coefficient (Wildman–Crippen LogP) is 4.87. The molecule has 0 saturated carbocycles. The second kappa shape index (κ2) is 6.61. The number of nitrogens with zero attached hydrogens (tertiary/aromatic N) is 2. The summed E-state index contributed by atoms with van der Waals surface area (Å²) >= 11 is 0. The first-order chi connectivity index (χ1) is 12.9. The number of carboxylic acids is 1. The first-order valence-electron chi connectivity index (χ1n) is 8.84. The lowest BCUT2D eigenvalue weighted by molar-refractivity contribution is 0.0697. The number of halogens is 2. The minimum atomic E-state index is -1.01. The number of hydrogen-bond donors (Lipinski definition) is 1. The molecule has 1 fully saturated rings. The van der Waals surface area contributed by atoms with Crippen molar-refractivity contribution in [3.05, 3.63) is 59.7 Å². The Morgan fingerprint density at radius 1 is 1.19 bits per heavy atom. The third kappa shape index (κ3) is 3.12. The van der Waals surface area contributed by atoms with Gasteiger partial charge in [-0.1, -0.05) is 0 Å². The molecule has 2 heterocycles. The van der Waals surface area contributed by atoms with Crippen LogP contribution >= 0.6 is 0 Å². The first kappa shape index (κ1) is 17.4. The van der Waals surface area contributed by atoms with Crippen LogP contribution in [0.4, 0.5) is 14.5 Å². The van der Waals surface area contributed by atoms with Crippen molar-refractivity contribution in [2.45, 2.75) is 25.8 Å². The average Bonchev–Trinajstić information content (AvgIpc) is 3.06. The highest BCUT2D eigenvalue weighted by atomic mass is 19.1. The number of aromatic nitrogens is 1. The molecule has 27 heavy (non-hydrogen) atoms. The zero-order valence-electron chi connectivity index (χ0n) is 14.7. The molecule has 138 valence electrons. The largest absolute Gasteiger partial charge is 0.478 e. The van der Waals surface area contributed by atoms with Crippen molar-refractivity contribution in [1.29, 1.82) is 0 Å². The maximum absolute atomic E-state index is 14.5. The molecule has 2 aromatic carbocycles. The van der Waals surface area contributed by atoms with E-state index in [1.165, 1.54) is 18.2 Å². The van der Waals surface area contributed by atoms with Gasteiger partial charge in [-0.3, -0.25) is 0 Å². The minimum absolute atomic E-state index is 0.172. The molecule has 4 rings (SSSR count). The van der Waals surface area contributed by atoms with Gasteiger partial charge in [0.15, 0.2) is 0 Å². The zero-order valence-corrected chi connectivity index (χ0v) is 14.7. The minimum Gasteiger partial charge on any atom is -0.478 e. The number of rotatable bonds is 3. The van der Waals surface area contributed by atoms with Gasteiger partial charge in [0, 0.05) is 29.6 Å². The lowest BCUT2D eigenvalue weighted by Gasteiger charge is -2.26. The second-order valence-electron chi connectivity index (χ2n) is 6.88. The number of fused-ring (bicyclic) bond motifs is 1. The zero-order chi connectivity index (χ0) is 19.1. The number of aromatic carboxylic acids is 1. The Labute approximate surface area is 155 Å². The van der Waals surface area contributed by atoms with E-state index < -0.39 is 17.6 Å². The van der Waals surface area contributed by atoms with Gasteiger partial charge in [0.2, 0.25) is 0 Å². The molecular formula is C21H18F2N2O2. The molecule has 6 heteroatoms. The van der Waals surface area contributed by atoms with Gasteiger partial charge >= 0.3 is 5.97 Å². The SMILES string of the molecule is C[C@H]1CCCN1c1cc2cc(C(=O)O)ccc2nc1-c1ccc(F)cc1F. The standard InChI is InChI=1S/C21H18F2N2O2/c1-12-3-2-8-25(12)19-10-14-9-13(21(26)27)4-7-18(14)24-20(19)16-6-5-15(22)11-17(16)23/h4-7,9-12H,2-3,8H2,1H3,(H,26,27)/t12-/m0/s1. The van der Waals surface area contributed by atoms with Crippen LogP contribution < -0.4 is 4.90 Å². The number of carboxylic acid groups (broad SMARTS) is 1. The highest BCUT2D eigenvalue weighted by molar-refractivity contribution is 5.96.